The summed E-state index contributed by atoms with van der Waals surface area (Å²) >= 11 is 6.46. The fourth-order valence-electron chi connectivity index (χ4n) is 3.43. The third kappa shape index (κ3) is 9.00. The molecule has 0 aliphatic rings. The van der Waals surface area contributed by atoms with E-state index in [1.165, 1.54) is 44.9 Å². The predicted octanol–water partition coefficient (Wildman–Crippen LogP) is 8.95. The number of rotatable bonds is 15. The van der Waals surface area contributed by atoms with E-state index in [4.69, 9.17) is 21.1 Å². The minimum absolute atomic E-state index is 0.670. The van der Waals surface area contributed by atoms with Crippen LogP contribution in [-0.4, -0.2) is 13.2 Å². The summed E-state index contributed by atoms with van der Waals surface area (Å²) < 4.78 is 11.8. The Labute approximate surface area is 188 Å². The molecule has 0 amide bonds. The van der Waals surface area contributed by atoms with Crippen molar-refractivity contribution in [3.63, 3.8) is 0 Å². The summed E-state index contributed by atoms with van der Waals surface area (Å²) in [6, 6.07) is 14.3. The first-order valence-electron chi connectivity index (χ1n) is 11.8. The van der Waals surface area contributed by atoms with E-state index in [9.17, 15) is 0 Å². The molecule has 2 aromatic carbocycles. The van der Waals surface area contributed by atoms with Crippen LogP contribution in [0.2, 0.25) is 5.02 Å². The van der Waals surface area contributed by atoms with Crippen LogP contribution in [0.5, 0.6) is 11.5 Å². The van der Waals surface area contributed by atoms with Gasteiger partial charge in [-0.15, -0.1) is 0 Å². The second kappa shape index (κ2) is 14.4. The molecule has 30 heavy (non-hydrogen) atoms. The van der Waals surface area contributed by atoms with Gasteiger partial charge < -0.3 is 9.47 Å². The third-order valence-corrected chi connectivity index (χ3v) is 5.98. The lowest BCUT2D eigenvalue weighted by Gasteiger charge is -2.11. The van der Waals surface area contributed by atoms with Crippen molar-refractivity contribution < 1.29 is 9.47 Å². The average molecular weight is 431 g/mol. The molecule has 0 heterocycles. The van der Waals surface area contributed by atoms with Gasteiger partial charge in [-0.1, -0.05) is 89.1 Å². The van der Waals surface area contributed by atoms with Gasteiger partial charge in [-0.2, -0.15) is 0 Å². The average Bonchev–Trinajstić information content (AvgIpc) is 2.77. The molecule has 2 aromatic rings. The fraction of sp³-hybridized carbons (Fsp3) is 0.556. The van der Waals surface area contributed by atoms with Crippen LogP contribution >= 0.6 is 11.6 Å². The Morgan fingerprint density at radius 3 is 2.13 bits per heavy atom. The zero-order chi connectivity index (χ0) is 21.6. The molecule has 166 valence electrons. The van der Waals surface area contributed by atoms with Crippen molar-refractivity contribution >= 4 is 11.6 Å². The van der Waals surface area contributed by atoms with Crippen molar-refractivity contribution in [2.45, 2.75) is 78.6 Å². The number of unbranched alkanes of at least 4 members (excludes halogenated alkanes) is 5. The zero-order valence-electron chi connectivity index (χ0n) is 19.1. The molecular formula is C27H39ClO2. The Kier molecular flexibility index (Phi) is 11.8. The van der Waals surface area contributed by atoms with E-state index in [-0.39, 0.29) is 0 Å². The first kappa shape index (κ1) is 24.6. The molecule has 2 nitrogen and oxygen atoms in total. The second-order valence-electron chi connectivity index (χ2n) is 8.29. The van der Waals surface area contributed by atoms with Gasteiger partial charge in [0.2, 0.25) is 0 Å². The minimum atomic E-state index is 0.670. The summed E-state index contributed by atoms with van der Waals surface area (Å²) in [5.41, 5.74) is 2.22. The first-order chi connectivity index (χ1) is 14.6. The molecule has 0 N–H and O–H groups in total. The number of halogens is 1. The van der Waals surface area contributed by atoms with E-state index in [0.717, 1.165) is 54.6 Å². The standard InChI is InChI=1S/C27H39ClO2/c1-4-6-7-8-9-10-19-30-27-18-15-24(21-26(27)28)23-13-16-25(17-14-23)29-20-11-12-22(3)5-2/h13-18,21-22H,4-12,19-20H2,1-3H3/t22-/m0/s1. The van der Waals surface area contributed by atoms with Crippen LogP contribution in [0.25, 0.3) is 11.1 Å². The van der Waals surface area contributed by atoms with Crippen LogP contribution in [0.3, 0.4) is 0 Å². The third-order valence-electron chi connectivity index (χ3n) is 5.68. The molecule has 0 spiro atoms. The quantitative estimate of drug-likeness (QED) is 0.262. The molecule has 0 saturated carbocycles. The molecule has 0 saturated heterocycles. The molecule has 1 atom stereocenters. The van der Waals surface area contributed by atoms with Gasteiger partial charge in [0.15, 0.2) is 0 Å². The summed E-state index contributed by atoms with van der Waals surface area (Å²) in [5, 5.41) is 0.670. The Balaban J connectivity index is 1.78. The molecule has 0 fully saturated rings. The lowest BCUT2D eigenvalue weighted by molar-refractivity contribution is 0.294. The van der Waals surface area contributed by atoms with Crippen LogP contribution in [0.4, 0.5) is 0 Å². The monoisotopic (exact) mass is 430 g/mol. The molecule has 2 rings (SSSR count). The Hall–Kier alpha value is -1.67. The van der Waals surface area contributed by atoms with Gasteiger partial charge in [0.1, 0.15) is 11.5 Å². The predicted molar refractivity (Wildman–Crippen MR) is 130 cm³/mol. The molecule has 0 aliphatic carbocycles. The number of hydrogen-bond donors (Lipinski definition) is 0. The molecule has 0 radical (unpaired) electrons. The van der Waals surface area contributed by atoms with Crippen LogP contribution in [0.1, 0.15) is 78.6 Å². The Bertz CT molecular complexity index is 711. The highest BCUT2D eigenvalue weighted by atomic mass is 35.5. The van der Waals surface area contributed by atoms with Gasteiger partial charge in [0, 0.05) is 0 Å². The van der Waals surface area contributed by atoms with Crippen molar-refractivity contribution in [2.75, 3.05) is 13.2 Å². The topological polar surface area (TPSA) is 18.5 Å². The zero-order valence-corrected chi connectivity index (χ0v) is 19.8. The highest BCUT2D eigenvalue weighted by Crippen LogP contribution is 2.31. The lowest BCUT2D eigenvalue weighted by atomic mass is 10.0. The molecule has 0 unspecified atom stereocenters. The van der Waals surface area contributed by atoms with E-state index < -0.39 is 0 Å². The summed E-state index contributed by atoms with van der Waals surface area (Å²) in [4.78, 5) is 0. The fourth-order valence-corrected chi connectivity index (χ4v) is 3.67. The van der Waals surface area contributed by atoms with E-state index in [1.807, 2.05) is 24.3 Å². The molecule has 0 bridgehead atoms. The van der Waals surface area contributed by atoms with Crippen molar-refractivity contribution in [1.82, 2.24) is 0 Å². The van der Waals surface area contributed by atoms with Gasteiger partial charge in [0.05, 0.1) is 18.2 Å². The van der Waals surface area contributed by atoms with Gasteiger partial charge >= 0.3 is 0 Å². The summed E-state index contributed by atoms with van der Waals surface area (Å²) in [7, 11) is 0. The van der Waals surface area contributed by atoms with Crippen molar-refractivity contribution in [2.24, 2.45) is 5.92 Å². The number of ether oxygens (including phenoxy) is 2. The van der Waals surface area contributed by atoms with Gasteiger partial charge in [-0.3, -0.25) is 0 Å². The number of hydrogen-bond acceptors (Lipinski definition) is 2. The molecule has 3 heteroatoms. The lowest BCUT2D eigenvalue weighted by Crippen LogP contribution is -2.00. The maximum atomic E-state index is 6.46. The van der Waals surface area contributed by atoms with Crippen LogP contribution in [0, 0.1) is 5.92 Å². The summed E-state index contributed by atoms with van der Waals surface area (Å²) in [5.74, 6) is 2.47. The minimum Gasteiger partial charge on any atom is -0.494 e. The van der Waals surface area contributed by atoms with Gasteiger partial charge in [-0.25, -0.2) is 0 Å². The van der Waals surface area contributed by atoms with Crippen molar-refractivity contribution in [3.8, 4) is 22.6 Å². The van der Waals surface area contributed by atoms with E-state index in [2.05, 4.69) is 39.0 Å². The normalized spacial score (nSPS) is 12.0. The largest absolute Gasteiger partial charge is 0.494 e. The van der Waals surface area contributed by atoms with Crippen LogP contribution < -0.4 is 9.47 Å². The SMILES string of the molecule is CCCCCCCCOc1ccc(-c2ccc(OCCC[C@@H](C)CC)cc2)cc1Cl. The number of benzene rings is 2. The van der Waals surface area contributed by atoms with Gasteiger partial charge in [-0.05, 0) is 60.6 Å². The highest BCUT2D eigenvalue weighted by molar-refractivity contribution is 6.32. The summed E-state index contributed by atoms with van der Waals surface area (Å²) in [6.45, 7) is 8.29. The smallest absolute Gasteiger partial charge is 0.137 e. The second-order valence-corrected chi connectivity index (χ2v) is 8.70. The first-order valence-corrected chi connectivity index (χ1v) is 12.2. The van der Waals surface area contributed by atoms with E-state index in [0.29, 0.717) is 5.02 Å². The maximum Gasteiger partial charge on any atom is 0.137 e. The Morgan fingerprint density at radius 2 is 1.43 bits per heavy atom. The molecule has 0 aromatic heterocycles. The van der Waals surface area contributed by atoms with Gasteiger partial charge in [0.25, 0.3) is 0 Å². The maximum absolute atomic E-state index is 6.46. The van der Waals surface area contributed by atoms with Crippen molar-refractivity contribution in [1.29, 1.82) is 0 Å². The van der Waals surface area contributed by atoms with E-state index >= 15 is 0 Å². The molecular weight excluding hydrogens is 392 g/mol. The van der Waals surface area contributed by atoms with Crippen LogP contribution in [0.15, 0.2) is 42.5 Å². The molecule has 0 aliphatic heterocycles. The summed E-state index contributed by atoms with van der Waals surface area (Å²) in [6.07, 6.45) is 11.1. The van der Waals surface area contributed by atoms with E-state index in [1.54, 1.807) is 0 Å². The Morgan fingerprint density at radius 1 is 0.767 bits per heavy atom. The van der Waals surface area contributed by atoms with Crippen LogP contribution in [-0.2, 0) is 0 Å². The highest BCUT2D eigenvalue weighted by Gasteiger charge is 2.06. The van der Waals surface area contributed by atoms with Crippen molar-refractivity contribution in [3.05, 3.63) is 47.5 Å².